The maximum atomic E-state index is 2.31. The zero-order valence-corrected chi connectivity index (χ0v) is 14.3. The summed E-state index contributed by atoms with van der Waals surface area (Å²) in [6.07, 6.45) is 8.81. The molecule has 118 valence electrons. The molecule has 0 aliphatic heterocycles. The van der Waals surface area contributed by atoms with Crippen molar-refractivity contribution in [1.29, 1.82) is 0 Å². The number of hydrogen-bond acceptors (Lipinski definition) is 0. The Morgan fingerprint density at radius 3 is 2.00 bits per heavy atom. The number of benzene rings is 2. The molecule has 4 rings (SSSR count). The van der Waals surface area contributed by atoms with E-state index in [0.717, 1.165) is 0 Å². The van der Waals surface area contributed by atoms with Crippen molar-refractivity contribution in [2.75, 3.05) is 0 Å². The van der Waals surface area contributed by atoms with Crippen LogP contribution in [0.25, 0.3) is 28.9 Å². The zero-order chi connectivity index (χ0) is 16.7. The second-order valence-electron chi connectivity index (χ2n) is 6.40. The lowest BCUT2D eigenvalue weighted by atomic mass is 9.89. The molecule has 0 unspecified atom stereocenters. The molecule has 2 heteroatoms. The standard InChI is InChI=1S/C22H21N2/c1-16-14-17-8-4-6-10-19(17)20-11-7-5-9-18(20)15-21(16)22-23(2)12-13-24(22)3/h4-15H,1-3H3/q+1/b16-14-,17-14?,18-15?,20-19?,21-15+,21-16?. The molecular formula is C22H21N2+. The summed E-state index contributed by atoms with van der Waals surface area (Å²) in [7, 11) is 4.20. The molecule has 3 aromatic rings. The van der Waals surface area contributed by atoms with Crippen LogP contribution < -0.4 is 4.57 Å². The van der Waals surface area contributed by atoms with Crippen molar-refractivity contribution in [2.45, 2.75) is 6.92 Å². The van der Waals surface area contributed by atoms with Crippen LogP contribution in [0, 0.1) is 0 Å². The highest BCUT2D eigenvalue weighted by atomic mass is 15.1. The highest BCUT2D eigenvalue weighted by Gasteiger charge is 2.21. The minimum Gasteiger partial charge on any atom is -0.233 e. The molecule has 0 spiro atoms. The molecule has 1 aliphatic carbocycles. The average molecular weight is 313 g/mol. The van der Waals surface area contributed by atoms with Crippen LogP contribution in [0.4, 0.5) is 0 Å². The van der Waals surface area contributed by atoms with Gasteiger partial charge in [-0.25, -0.2) is 9.13 Å². The summed E-state index contributed by atoms with van der Waals surface area (Å²) >= 11 is 0. The van der Waals surface area contributed by atoms with Gasteiger partial charge in [0, 0.05) is 0 Å². The van der Waals surface area contributed by atoms with Crippen molar-refractivity contribution in [3.8, 4) is 11.1 Å². The van der Waals surface area contributed by atoms with Gasteiger partial charge in [-0.15, -0.1) is 0 Å². The molecule has 0 saturated carbocycles. The third-order valence-electron chi connectivity index (χ3n) is 4.73. The number of aryl methyl sites for hydroxylation is 2. The van der Waals surface area contributed by atoms with Gasteiger partial charge in [-0.3, -0.25) is 0 Å². The topological polar surface area (TPSA) is 8.81 Å². The number of nitrogens with zero attached hydrogens (tertiary/aromatic N) is 2. The van der Waals surface area contributed by atoms with E-state index in [0.29, 0.717) is 0 Å². The van der Waals surface area contributed by atoms with Gasteiger partial charge in [0.15, 0.2) is 0 Å². The lowest BCUT2D eigenvalue weighted by Gasteiger charge is -2.16. The molecule has 2 nitrogen and oxygen atoms in total. The lowest BCUT2D eigenvalue weighted by Crippen LogP contribution is -2.31. The second-order valence-corrected chi connectivity index (χ2v) is 6.40. The Morgan fingerprint density at radius 2 is 1.42 bits per heavy atom. The van der Waals surface area contributed by atoms with Crippen LogP contribution in [-0.2, 0) is 14.1 Å². The number of imidazole rings is 1. The fraction of sp³-hybridized carbons (Fsp3) is 0.136. The van der Waals surface area contributed by atoms with E-state index in [1.165, 1.54) is 39.2 Å². The first-order valence-electron chi connectivity index (χ1n) is 8.25. The fourth-order valence-electron chi connectivity index (χ4n) is 3.53. The van der Waals surface area contributed by atoms with Crippen LogP contribution in [0.3, 0.4) is 0 Å². The van der Waals surface area contributed by atoms with E-state index in [-0.39, 0.29) is 0 Å². The van der Waals surface area contributed by atoms with Gasteiger partial charge < -0.3 is 0 Å². The van der Waals surface area contributed by atoms with E-state index in [1.54, 1.807) is 0 Å². The van der Waals surface area contributed by atoms with Gasteiger partial charge in [0.05, 0.1) is 19.7 Å². The molecule has 0 atom stereocenters. The highest BCUT2D eigenvalue weighted by Crippen LogP contribution is 2.35. The number of aromatic nitrogens is 2. The van der Waals surface area contributed by atoms with Crippen LogP contribution in [0.15, 0.2) is 66.5 Å². The molecule has 0 amide bonds. The maximum absolute atomic E-state index is 2.31. The summed E-state index contributed by atoms with van der Waals surface area (Å²) < 4.78 is 4.36. The molecule has 0 N–H and O–H groups in total. The summed E-state index contributed by atoms with van der Waals surface area (Å²) in [5.41, 5.74) is 7.63. The lowest BCUT2D eigenvalue weighted by molar-refractivity contribution is -0.673. The van der Waals surface area contributed by atoms with Crippen LogP contribution >= 0.6 is 0 Å². The van der Waals surface area contributed by atoms with Gasteiger partial charge in [0.2, 0.25) is 0 Å². The van der Waals surface area contributed by atoms with Gasteiger partial charge in [0.1, 0.15) is 12.4 Å². The summed E-state index contributed by atoms with van der Waals surface area (Å²) in [4.78, 5) is 0. The molecule has 1 aliphatic rings. The van der Waals surface area contributed by atoms with Gasteiger partial charge in [0.25, 0.3) is 5.82 Å². The van der Waals surface area contributed by atoms with Crippen molar-refractivity contribution in [1.82, 2.24) is 4.57 Å². The maximum Gasteiger partial charge on any atom is 0.288 e. The highest BCUT2D eigenvalue weighted by molar-refractivity contribution is 5.97. The van der Waals surface area contributed by atoms with E-state index in [9.17, 15) is 0 Å². The molecule has 24 heavy (non-hydrogen) atoms. The van der Waals surface area contributed by atoms with E-state index in [1.807, 2.05) is 0 Å². The first-order chi connectivity index (χ1) is 11.6. The van der Waals surface area contributed by atoms with Crippen LogP contribution in [0.5, 0.6) is 0 Å². The summed E-state index contributed by atoms with van der Waals surface area (Å²) in [5, 5.41) is 0. The molecule has 0 saturated heterocycles. The Labute approximate surface area is 143 Å². The number of hydrogen-bond donors (Lipinski definition) is 0. The quantitative estimate of drug-likeness (QED) is 0.586. The van der Waals surface area contributed by atoms with Gasteiger partial charge in [-0.2, -0.15) is 0 Å². The van der Waals surface area contributed by atoms with Crippen molar-refractivity contribution in [3.63, 3.8) is 0 Å². The Hall–Kier alpha value is -2.87. The van der Waals surface area contributed by atoms with Crippen molar-refractivity contribution in [3.05, 3.63) is 83.4 Å². The molecule has 0 bridgehead atoms. The van der Waals surface area contributed by atoms with Crippen LogP contribution in [0.1, 0.15) is 23.9 Å². The monoisotopic (exact) mass is 313 g/mol. The van der Waals surface area contributed by atoms with Crippen molar-refractivity contribution < 1.29 is 4.57 Å². The Bertz CT molecular complexity index is 967. The van der Waals surface area contributed by atoms with Gasteiger partial charge >= 0.3 is 0 Å². The summed E-state index contributed by atoms with van der Waals surface area (Å²) in [6.45, 7) is 2.20. The smallest absolute Gasteiger partial charge is 0.233 e. The van der Waals surface area contributed by atoms with Gasteiger partial charge in [-0.1, -0.05) is 54.6 Å². The van der Waals surface area contributed by atoms with E-state index >= 15 is 0 Å². The van der Waals surface area contributed by atoms with Crippen LogP contribution in [-0.4, -0.2) is 4.57 Å². The van der Waals surface area contributed by atoms with Crippen molar-refractivity contribution in [2.24, 2.45) is 14.1 Å². The normalized spacial score (nSPS) is 17.6. The Kier molecular flexibility index (Phi) is 3.46. The second kappa shape index (κ2) is 5.64. The molecule has 0 radical (unpaired) electrons. The molecule has 1 heterocycles. The zero-order valence-electron chi connectivity index (χ0n) is 14.3. The van der Waals surface area contributed by atoms with E-state index in [2.05, 4.69) is 103 Å². The minimum absolute atomic E-state index is 1.21. The third-order valence-corrected chi connectivity index (χ3v) is 4.73. The molecule has 0 fully saturated rings. The largest absolute Gasteiger partial charge is 0.288 e. The Balaban J connectivity index is 2.05. The third kappa shape index (κ3) is 2.31. The number of allylic oxidation sites excluding steroid dienone is 2. The van der Waals surface area contributed by atoms with Crippen molar-refractivity contribution >= 4 is 17.7 Å². The van der Waals surface area contributed by atoms with E-state index in [4.69, 9.17) is 0 Å². The van der Waals surface area contributed by atoms with Gasteiger partial charge in [-0.05, 0) is 40.8 Å². The number of rotatable bonds is 1. The average Bonchev–Trinajstić information content (AvgIpc) is 2.91. The molecule has 2 aromatic carbocycles. The minimum atomic E-state index is 1.21. The van der Waals surface area contributed by atoms with E-state index < -0.39 is 0 Å². The molecular weight excluding hydrogens is 292 g/mol. The first-order valence-corrected chi connectivity index (χ1v) is 8.25. The predicted molar refractivity (Wildman–Crippen MR) is 100.0 cm³/mol. The summed E-state index contributed by atoms with van der Waals surface area (Å²) in [5.74, 6) is 1.21. The fourth-order valence-corrected chi connectivity index (χ4v) is 3.53. The predicted octanol–water partition coefficient (Wildman–Crippen LogP) is 4.47. The SMILES string of the molecule is CC1=C/c2ccccc2-c2ccccc2/C=C\1c1n(C)cc[n+]1C. The molecule has 1 aromatic heterocycles. The Morgan fingerprint density at radius 1 is 0.833 bits per heavy atom. The summed E-state index contributed by atoms with van der Waals surface area (Å²) in [6, 6.07) is 17.3. The first kappa shape index (κ1) is 14.7. The number of fused-ring (bicyclic) bond motifs is 3. The van der Waals surface area contributed by atoms with Crippen LogP contribution in [0.2, 0.25) is 0 Å².